The summed E-state index contributed by atoms with van der Waals surface area (Å²) in [7, 11) is 0. The number of halogens is 1. The standard InChI is InChI=1S/C12H16ClNO3/c1-8-3-4-9(5-10(8)13)14-7-12(2,17)6-11(15)16/h3-5,14,17H,6-7H2,1-2H3,(H,15,16). The lowest BCUT2D eigenvalue weighted by Crippen LogP contribution is -2.35. The number of benzene rings is 1. The Hall–Kier alpha value is -1.26. The number of anilines is 1. The van der Waals surface area contributed by atoms with Gasteiger partial charge in [0.2, 0.25) is 0 Å². The third kappa shape index (κ3) is 4.63. The first-order valence-corrected chi connectivity index (χ1v) is 5.62. The molecule has 1 rings (SSSR count). The lowest BCUT2D eigenvalue weighted by atomic mass is 10.0. The highest BCUT2D eigenvalue weighted by Crippen LogP contribution is 2.20. The van der Waals surface area contributed by atoms with Crippen molar-refractivity contribution in [3.8, 4) is 0 Å². The van der Waals surface area contributed by atoms with Crippen LogP contribution in [-0.2, 0) is 4.79 Å². The molecule has 4 nitrogen and oxygen atoms in total. The number of hydrogen-bond donors (Lipinski definition) is 3. The molecule has 0 fully saturated rings. The fourth-order valence-corrected chi connectivity index (χ4v) is 1.56. The van der Waals surface area contributed by atoms with Crippen LogP contribution in [0.5, 0.6) is 0 Å². The summed E-state index contributed by atoms with van der Waals surface area (Å²) in [5.74, 6) is -1.03. The minimum Gasteiger partial charge on any atom is -0.481 e. The van der Waals surface area contributed by atoms with E-state index in [0.29, 0.717) is 5.02 Å². The number of aliphatic hydroxyl groups is 1. The Morgan fingerprint density at radius 2 is 2.18 bits per heavy atom. The largest absolute Gasteiger partial charge is 0.481 e. The van der Waals surface area contributed by atoms with Crippen molar-refractivity contribution in [3.63, 3.8) is 0 Å². The van der Waals surface area contributed by atoms with Gasteiger partial charge in [0.05, 0.1) is 12.0 Å². The highest BCUT2D eigenvalue weighted by Gasteiger charge is 2.23. The molecule has 0 aliphatic rings. The molecule has 0 saturated carbocycles. The van der Waals surface area contributed by atoms with Gasteiger partial charge in [0.15, 0.2) is 0 Å². The Morgan fingerprint density at radius 1 is 1.53 bits per heavy atom. The number of rotatable bonds is 5. The lowest BCUT2D eigenvalue weighted by Gasteiger charge is -2.22. The van der Waals surface area contributed by atoms with Crippen LogP contribution >= 0.6 is 11.6 Å². The van der Waals surface area contributed by atoms with Crippen molar-refractivity contribution in [2.45, 2.75) is 25.9 Å². The summed E-state index contributed by atoms with van der Waals surface area (Å²) in [4.78, 5) is 10.5. The molecule has 0 saturated heterocycles. The molecule has 94 valence electrons. The van der Waals surface area contributed by atoms with E-state index in [1.54, 1.807) is 6.07 Å². The summed E-state index contributed by atoms with van der Waals surface area (Å²) in [5, 5.41) is 22.0. The molecule has 17 heavy (non-hydrogen) atoms. The third-order valence-electron chi connectivity index (χ3n) is 2.38. The maximum atomic E-state index is 10.5. The van der Waals surface area contributed by atoms with Gasteiger partial charge in [0.25, 0.3) is 0 Å². The molecule has 1 atom stereocenters. The van der Waals surface area contributed by atoms with Crippen molar-refractivity contribution in [2.24, 2.45) is 0 Å². The van der Waals surface area contributed by atoms with Crippen molar-refractivity contribution >= 4 is 23.3 Å². The summed E-state index contributed by atoms with van der Waals surface area (Å²) in [6, 6.07) is 5.43. The first-order valence-electron chi connectivity index (χ1n) is 5.24. The lowest BCUT2D eigenvalue weighted by molar-refractivity contribution is -0.141. The minimum absolute atomic E-state index is 0.151. The fourth-order valence-electron chi connectivity index (χ4n) is 1.38. The second-order valence-electron chi connectivity index (χ2n) is 4.38. The summed E-state index contributed by atoms with van der Waals surface area (Å²) in [6.07, 6.45) is -0.306. The number of aryl methyl sites for hydroxylation is 1. The molecular formula is C12H16ClNO3. The van der Waals surface area contributed by atoms with Crippen LogP contribution in [0.1, 0.15) is 18.9 Å². The molecule has 0 spiro atoms. The maximum absolute atomic E-state index is 10.5. The SMILES string of the molecule is Cc1ccc(NCC(C)(O)CC(=O)O)cc1Cl. The van der Waals surface area contributed by atoms with E-state index in [1.807, 2.05) is 19.1 Å². The van der Waals surface area contributed by atoms with Gasteiger partial charge in [0, 0.05) is 17.3 Å². The minimum atomic E-state index is -1.29. The molecule has 0 aliphatic heterocycles. The molecule has 0 heterocycles. The average molecular weight is 258 g/mol. The van der Waals surface area contributed by atoms with Crippen molar-refractivity contribution < 1.29 is 15.0 Å². The Morgan fingerprint density at radius 3 is 2.71 bits per heavy atom. The van der Waals surface area contributed by atoms with E-state index >= 15 is 0 Å². The number of carbonyl (C=O) groups is 1. The fraction of sp³-hybridized carbons (Fsp3) is 0.417. The van der Waals surface area contributed by atoms with E-state index in [1.165, 1.54) is 6.92 Å². The van der Waals surface area contributed by atoms with E-state index in [4.69, 9.17) is 16.7 Å². The van der Waals surface area contributed by atoms with E-state index < -0.39 is 11.6 Å². The molecule has 0 bridgehead atoms. The van der Waals surface area contributed by atoms with Gasteiger partial charge < -0.3 is 15.5 Å². The van der Waals surface area contributed by atoms with Gasteiger partial charge in [-0.15, -0.1) is 0 Å². The van der Waals surface area contributed by atoms with E-state index in [-0.39, 0.29) is 13.0 Å². The van der Waals surface area contributed by atoms with E-state index in [0.717, 1.165) is 11.3 Å². The Balaban J connectivity index is 2.60. The van der Waals surface area contributed by atoms with Gasteiger partial charge >= 0.3 is 5.97 Å². The molecular weight excluding hydrogens is 242 g/mol. The Labute approximate surface area is 105 Å². The molecule has 0 radical (unpaired) electrons. The molecule has 1 unspecified atom stereocenters. The monoisotopic (exact) mass is 257 g/mol. The smallest absolute Gasteiger partial charge is 0.306 e. The second kappa shape index (κ2) is 5.38. The Kier molecular flexibility index (Phi) is 4.37. The van der Waals surface area contributed by atoms with Gasteiger partial charge in [-0.1, -0.05) is 17.7 Å². The number of nitrogens with one attached hydrogen (secondary N) is 1. The number of aliphatic carboxylic acids is 1. The summed E-state index contributed by atoms with van der Waals surface area (Å²) >= 11 is 5.95. The number of hydrogen-bond acceptors (Lipinski definition) is 3. The highest BCUT2D eigenvalue weighted by atomic mass is 35.5. The third-order valence-corrected chi connectivity index (χ3v) is 2.78. The summed E-state index contributed by atoms with van der Waals surface area (Å²) in [5.41, 5.74) is 0.434. The first kappa shape index (κ1) is 13.8. The predicted molar refractivity (Wildman–Crippen MR) is 67.6 cm³/mol. The van der Waals surface area contributed by atoms with Crippen LogP contribution in [0.25, 0.3) is 0 Å². The molecule has 1 aromatic carbocycles. The van der Waals surface area contributed by atoms with Gasteiger partial charge in [-0.25, -0.2) is 0 Å². The number of carboxylic acids is 1. The highest BCUT2D eigenvalue weighted by molar-refractivity contribution is 6.31. The van der Waals surface area contributed by atoms with Crippen LogP contribution in [0.2, 0.25) is 5.02 Å². The molecule has 0 aliphatic carbocycles. The average Bonchev–Trinajstić information content (AvgIpc) is 2.18. The van der Waals surface area contributed by atoms with Crippen molar-refractivity contribution in [1.82, 2.24) is 0 Å². The topological polar surface area (TPSA) is 69.6 Å². The molecule has 5 heteroatoms. The van der Waals surface area contributed by atoms with Crippen LogP contribution in [0.3, 0.4) is 0 Å². The zero-order valence-electron chi connectivity index (χ0n) is 9.83. The molecule has 1 aromatic rings. The van der Waals surface area contributed by atoms with Crippen LogP contribution < -0.4 is 5.32 Å². The molecule has 0 amide bonds. The Bertz CT molecular complexity index is 418. The second-order valence-corrected chi connectivity index (χ2v) is 4.79. The van der Waals surface area contributed by atoms with Crippen molar-refractivity contribution in [2.75, 3.05) is 11.9 Å². The van der Waals surface area contributed by atoms with E-state index in [9.17, 15) is 9.90 Å². The van der Waals surface area contributed by atoms with Gasteiger partial charge in [-0.05, 0) is 31.5 Å². The first-order chi connectivity index (χ1) is 7.80. The predicted octanol–water partition coefficient (Wildman–Crippen LogP) is 2.29. The molecule has 0 aromatic heterocycles. The van der Waals surface area contributed by atoms with Gasteiger partial charge in [0.1, 0.15) is 0 Å². The van der Waals surface area contributed by atoms with Crippen LogP contribution in [0.15, 0.2) is 18.2 Å². The van der Waals surface area contributed by atoms with E-state index in [2.05, 4.69) is 5.32 Å². The summed E-state index contributed by atoms with van der Waals surface area (Å²) in [6.45, 7) is 3.52. The van der Waals surface area contributed by atoms with Crippen LogP contribution in [-0.4, -0.2) is 28.3 Å². The zero-order valence-corrected chi connectivity index (χ0v) is 10.6. The molecule has 3 N–H and O–H groups in total. The normalized spacial score (nSPS) is 14.1. The number of carboxylic acid groups (broad SMARTS) is 1. The van der Waals surface area contributed by atoms with Crippen LogP contribution in [0, 0.1) is 6.92 Å². The summed E-state index contributed by atoms with van der Waals surface area (Å²) < 4.78 is 0. The zero-order chi connectivity index (χ0) is 13.1. The maximum Gasteiger partial charge on any atom is 0.306 e. The quantitative estimate of drug-likeness (QED) is 0.757. The van der Waals surface area contributed by atoms with Crippen molar-refractivity contribution in [3.05, 3.63) is 28.8 Å². The van der Waals surface area contributed by atoms with Crippen LogP contribution in [0.4, 0.5) is 5.69 Å². The van der Waals surface area contributed by atoms with Gasteiger partial charge in [-0.3, -0.25) is 4.79 Å². The van der Waals surface area contributed by atoms with Crippen molar-refractivity contribution in [1.29, 1.82) is 0 Å². The van der Waals surface area contributed by atoms with Gasteiger partial charge in [-0.2, -0.15) is 0 Å².